The predicted molar refractivity (Wildman–Crippen MR) is 65.2 cm³/mol. The van der Waals surface area contributed by atoms with E-state index in [9.17, 15) is 0 Å². The van der Waals surface area contributed by atoms with Gasteiger partial charge >= 0.3 is 0 Å². The number of nitrogens with zero attached hydrogens (tertiary/aromatic N) is 3. The lowest BCUT2D eigenvalue weighted by molar-refractivity contribution is 0.137. The Kier molecular flexibility index (Phi) is 3.61. The molecule has 0 aromatic carbocycles. The van der Waals surface area contributed by atoms with Crippen LogP contribution in [0.5, 0.6) is 0 Å². The third-order valence-electron chi connectivity index (χ3n) is 3.60. The largest absolute Gasteiger partial charge is 0.333 e. The molecule has 2 atom stereocenters. The molecule has 0 aliphatic carbocycles. The number of fused-ring (bicyclic) bond motifs is 1. The van der Waals surface area contributed by atoms with E-state index < -0.39 is 0 Å². The van der Waals surface area contributed by atoms with Crippen molar-refractivity contribution in [2.24, 2.45) is 0 Å². The molecule has 0 saturated carbocycles. The zero-order valence-electron chi connectivity index (χ0n) is 10.5. The van der Waals surface area contributed by atoms with Crippen molar-refractivity contribution in [2.45, 2.75) is 45.9 Å². The molecule has 0 amide bonds. The summed E-state index contributed by atoms with van der Waals surface area (Å²) >= 11 is 0. The molecule has 0 radical (unpaired) electrons. The van der Waals surface area contributed by atoms with Crippen molar-refractivity contribution in [1.82, 2.24) is 19.8 Å². The van der Waals surface area contributed by atoms with E-state index in [2.05, 4.69) is 46.7 Å². The normalized spacial score (nSPS) is 20.4. The minimum Gasteiger partial charge on any atom is -0.333 e. The highest BCUT2D eigenvalue weighted by Gasteiger charge is 2.24. The molecule has 2 rings (SSSR count). The standard InChI is InChI=1S/C12H22N4/c1-4-13-10(2)11(3)16-8-7-15-6-5-14-12(15)9-16/h5-6,10-11,13H,4,7-9H2,1-3H3. The van der Waals surface area contributed by atoms with E-state index in [0.29, 0.717) is 12.1 Å². The van der Waals surface area contributed by atoms with Crippen LogP contribution < -0.4 is 5.32 Å². The summed E-state index contributed by atoms with van der Waals surface area (Å²) in [6.07, 6.45) is 3.97. The average Bonchev–Trinajstić information content (AvgIpc) is 2.75. The molecule has 1 aromatic heterocycles. The van der Waals surface area contributed by atoms with Gasteiger partial charge in [0.25, 0.3) is 0 Å². The van der Waals surface area contributed by atoms with Gasteiger partial charge in [0.15, 0.2) is 0 Å². The van der Waals surface area contributed by atoms with Crippen LogP contribution in [0.1, 0.15) is 26.6 Å². The van der Waals surface area contributed by atoms with Crippen LogP contribution in [0.2, 0.25) is 0 Å². The number of likely N-dealkylation sites (N-methyl/N-ethyl adjacent to an activating group) is 1. The highest BCUT2D eigenvalue weighted by atomic mass is 15.3. The third kappa shape index (κ3) is 2.28. The summed E-state index contributed by atoms with van der Waals surface area (Å²) in [6.45, 7) is 10.9. The van der Waals surface area contributed by atoms with Crippen LogP contribution in [0.25, 0.3) is 0 Å². The van der Waals surface area contributed by atoms with E-state index >= 15 is 0 Å². The molecular formula is C12H22N4. The fraction of sp³-hybridized carbons (Fsp3) is 0.750. The quantitative estimate of drug-likeness (QED) is 0.827. The van der Waals surface area contributed by atoms with Gasteiger partial charge in [0, 0.05) is 37.6 Å². The van der Waals surface area contributed by atoms with Crippen LogP contribution in [0.4, 0.5) is 0 Å². The Morgan fingerprint density at radius 2 is 2.25 bits per heavy atom. The summed E-state index contributed by atoms with van der Waals surface area (Å²) in [5.41, 5.74) is 0. The second-order valence-corrected chi connectivity index (χ2v) is 4.59. The molecule has 16 heavy (non-hydrogen) atoms. The molecule has 1 aliphatic heterocycles. The van der Waals surface area contributed by atoms with Crippen molar-refractivity contribution >= 4 is 0 Å². The Morgan fingerprint density at radius 1 is 1.44 bits per heavy atom. The highest BCUT2D eigenvalue weighted by Crippen LogP contribution is 2.14. The third-order valence-corrected chi connectivity index (χ3v) is 3.60. The molecule has 0 bridgehead atoms. The van der Waals surface area contributed by atoms with Crippen LogP contribution in [0.15, 0.2) is 12.4 Å². The molecule has 90 valence electrons. The summed E-state index contributed by atoms with van der Waals surface area (Å²) in [5, 5.41) is 3.49. The number of imidazole rings is 1. The molecule has 0 fully saturated rings. The van der Waals surface area contributed by atoms with Gasteiger partial charge in [-0.25, -0.2) is 4.98 Å². The topological polar surface area (TPSA) is 33.1 Å². The molecule has 0 saturated heterocycles. The second kappa shape index (κ2) is 4.97. The molecule has 1 aliphatic rings. The fourth-order valence-corrected chi connectivity index (χ4v) is 2.35. The van der Waals surface area contributed by atoms with Crippen LogP contribution >= 0.6 is 0 Å². The van der Waals surface area contributed by atoms with Gasteiger partial charge in [0.1, 0.15) is 5.82 Å². The van der Waals surface area contributed by atoms with Crippen molar-refractivity contribution < 1.29 is 0 Å². The molecule has 4 nitrogen and oxygen atoms in total. The highest BCUT2D eigenvalue weighted by molar-refractivity contribution is 4.97. The second-order valence-electron chi connectivity index (χ2n) is 4.59. The van der Waals surface area contributed by atoms with Gasteiger partial charge in [0.05, 0.1) is 6.54 Å². The van der Waals surface area contributed by atoms with Crippen LogP contribution in [0, 0.1) is 0 Å². The minimum atomic E-state index is 0.534. The zero-order chi connectivity index (χ0) is 11.5. The lowest BCUT2D eigenvalue weighted by atomic mass is 10.1. The van der Waals surface area contributed by atoms with Crippen molar-refractivity contribution in [2.75, 3.05) is 13.1 Å². The monoisotopic (exact) mass is 222 g/mol. The number of hydrogen-bond donors (Lipinski definition) is 1. The van der Waals surface area contributed by atoms with Crippen LogP contribution in [-0.2, 0) is 13.1 Å². The first-order chi connectivity index (χ1) is 7.72. The SMILES string of the molecule is CCNC(C)C(C)N1CCn2ccnc2C1. The first-order valence-corrected chi connectivity index (χ1v) is 6.19. The van der Waals surface area contributed by atoms with Gasteiger partial charge in [-0.2, -0.15) is 0 Å². The molecule has 2 heterocycles. The van der Waals surface area contributed by atoms with Gasteiger partial charge in [0.2, 0.25) is 0 Å². The number of hydrogen-bond acceptors (Lipinski definition) is 3. The Bertz CT molecular complexity index is 334. The first-order valence-electron chi connectivity index (χ1n) is 6.19. The van der Waals surface area contributed by atoms with E-state index in [4.69, 9.17) is 0 Å². The maximum Gasteiger partial charge on any atom is 0.122 e. The number of aromatic nitrogens is 2. The summed E-state index contributed by atoms with van der Waals surface area (Å²) < 4.78 is 2.25. The van der Waals surface area contributed by atoms with Crippen molar-refractivity contribution in [1.29, 1.82) is 0 Å². The van der Waals surface area contributed by atoms with E-state index in [1.807, 2.05) is 6.20 Å². The van der Waals surface area contributed by atoms with Gasteiger partial charge in [-0.05, 0) is 20.4 Å². The van der Waals surface area contributed by atoms with Gasteiger partial charge in [-0.3, -0.25) is 4.90 Å². The van der Waals surface area contributed by atoms with E-state index in [1.54, 1.807) is 0 Å². The molecule has 4 heteroatoms. The van der Waals surface area contributed by atoms with E-state index in [0.717, 1.165) is 26.2 Å². The Morgan fingerprint density at radius 3 is 3.00 bits per heavy atom. The first kappa shape index (κ1) is 11.6. The zero-order valence-corrected chi connectivity index (χ0v) is 10.5. The fourth-order valence-electron chi connectivity index (χ4n) is 2.35. The van der Waals surface area contributed by atoms with Crippen molar-refractivity contribution in [3.05, 3.63) is 18.2 Å². The summed E-state index contributed by atoms with van der Waals surface area (Å²) in [4.78, 5) is 6.91. The summed E-state index contributed by atoms with van der Waals surface area (Å²) in [7, 11) is 0. The van der Waals surface area contributed by atoms with E-state index in [1.165, 1.54) is 5.82 Å². The Labute approximate surface area is 97.7 Å². The minimum absolute atomic E-state index is 0.534. The smallest absolute Gasteiger partial charge is 0.122 e. The van der Waals surface area contributed by atoms with E-state index in [-0.39, 0.29) is 0 Å². The lowest BCUT2D eigenvalue weighted by Gasteiger charge is -2.36. The Balaban J connectivity index is 1.97. The Hall–Kier alpha value is -0.870. The average molecular weight is 222 g/mol. The van der Waals surface area contributed by atoms with Gasteiger partial charge < -0.3 is 9.88 Å². The number of nitrogens with one attached hydrogen (secondary N) is 1. The maximum absolute atomic E-state index is 4.40. The molecule has 1 N–H and O–H groups in total. The predicted octanol–water partition coefficient (Wildman–Crippen LogP) is 1.09. The molecule has 0 spiro atoms. The summed E-state index contributed by atoms with van der Waals surface area (Å²) in [6, 6.07) is 1.09. The van der Waals surface area contributed by atoms with Crippen LogP contribution in [-0.4, -0.2) is 39.6 Å². The van der Waals surface area contributed by atoms with Gasteiger partial charge in [-0.15, -0.1) is 0 Å². The van der Waals surface area contributed by atoms with Gasteiger partial charge in [-0.1, -0.05) is 6.92 Å². The molecule has 2 unspecified atom stereocenters. The molecule has 1 aromatic rings. The van der Waals surface area contributed by atoms with Crippen LogP contribution in [0.3, 0.4) is 0 Å². The molecular weight excluding hydrogens is 200 g/mol. The maximum atomic E-state index is 4.40. The number of rotatable bonds is 4. The lowest BCUT2D eigenvalue weighted by Crippen LogP contribution is -2.49. The van der Waals surface area contributed by atoms with Crippen molar-refractivity contribution in [3.63, 3.8) is 0 Å². The summed E-state index contributed by atoms with van der Waals surface area (Å²) in [5.74, 6) is 1.20. The van der Waals surface area contributed by atoms with Crippen molar-refractivity contribution in [3.8, 4) is 0 Å².